The largest absolute Gasteiger partial charge is 0.454 e. The second-order valence-corrected chi connectivity index (χ2v) is 7.00. The lowest BCUT2D eigenvalue weighted by molar-refractivity contribution is -0.118. The Morgan fingerprint density at radius 2 is 1.97 bits per heavy atom. The Morgan fingerprint density at radius 1 is 1.14 bits per heavy atom. The molecule has 2 aromatic carbocycles. The molecule has 0 saturated carbocycles. The fourth-order valence-electron chi connectivity index (χ4n) is 3.66. The highest BCUT2D eigenvalue weighted by Gasteiger charge is 2.28. The standard InChI is InChI=1S/C22H18N2O5/c1-13-16(23-22(29-13)14-6-7-19-20(10-14)28-12-27-19)11-21(26)24-9-8-18(25)15-4-2-3-5-17(15)24/h2-7,10H,8-9,11-12H2,1H3. The molecule has 0 saturated heterocycles. The fourth-order valence-corrected chi connectivity index (χ4v) is 3.66. The number of hydrogen-bond acceptors (Lipinski definition) is 6. The normalized spacial score (nSPS) is 14.8. The van der Waals surface area contributed by atoms with Crippen LogP contribution in [0, 0.1) is 6.92 Å². The number of carbonyl (C=O) groups is 2. The van der Waals surface area contributed by atoms with Gasteiger partial charge in [-0.2, -0.15) is 0 Å². The number of oxazole rings is 1. The zero-order valence-electron chi connectivity index (χ0n) is 15.8. The van der Waals surface area contributed by atoms with Crippen LogP contribution < -0.4 is 14.4 Å². The molecule has 7 nitrogen and oxygen atoms in total. The van der Waals surface area contributed by atoms with Crippen LogP contribution in [-0.4, -0.2) is 30.0 Å². The summed E-state index contributed by atoms with van der Waals surface area (Å²) in [6.45, 7) is 2.36. The molecule has 1 aromatic heterocycles. The number of carbonyl (C=O) groups excluding carboxylic acids is 2. The summed E-state index contributed by atoms with van der Waals surface area (Å²) in [5.41, 5.74) is 2.58. The highest BCUT2D eigenvalue weighted by atomic mass is 16.7. The van der Waals surface area contributed by atoms with Gasteiger partial charge in [0.05, 0.1) is 17.8 Å². The van der Waals surface area contributed by atoms with E-state index in [4.69, 9.17) is 13.9 Å². The Labute approximate surface area is 166 Å². The Balaban J connectivity index is 1.40. The van der Waals surface area contributed by atoms with E-state index in [2.05, 4.69) is 4.98 Å². The van der Waals surface area contributed by atoms with E-state index >= 15 is 0 Å². The van der Waals surface area contributed by atoms with Crippen LogP contribution in [0.3, 0.4) is 0 Å². The van der Waals surface area contributed by atoms with Crippen LogP contribution in [0.5, 0.6) is 11.5 Å². The number of Topliss-reactive ketones (excluding diaryl/α,β-unsaturated/α-hetero) is 1. The van der Waals surface area contributed by atoms with Crippen LogP contribution in [0.25, 0.3) is 11.5 Å². The molecule has 0 aliphatic carbocycles. The summed E-state index contributed by atoms with van der Waals surface area (Å²) in [4.78, 5) is 31.3. The third-order valence-electron chi connectivity index (χ3n) is 5.19. The van der Waals surface area contributed by atoms with E-state index in [1.807, 2.05) is 30.3 Å². The molecule has 3 aromatic rings. The third kappa shape index (κ3) is 3.04. The van der Waals surface area contributed by atoms with E-state index in [0.29, 0.717) is 53.1 Å². The van der Waals surface area contributed by atoms with Crippen LogP contribution in [0.4, 0.5) is 5.69 Å². The topological polar surface area (TPSA) is 81.9 Å². The van der Waals surface area contributed by atoms with Gasteiger partial charge >= 0.3 is 0 Å². The highest BCUT2D eigenvalue weighted by Crippen LogP contribution is 2.36. The Bertz CT molecular complexity index is 1130. The second-order valence-electron chi connectivity index (χ2n) is 7.00. The maximum Gasteiger partial charge on any atom is 0.233 e. The van der Waals surface area contributed by atoms with Gasteiger partial charge in [-0.15, -0.1) is 0 Å². The van der Waals surface area contributed by atoms with E-state index < -0.39 is 0 Å². The van der Waals surface area contributed by atoms with Crippen LogP contribution in [0.2, 0.25) is 0 Å². The van der Waals surface area contributed by atoms with Crippen molar-refractivity contribution in [1.29, 1.82) is 0 Å². The molecule has 146 valence electrons. The zero-order chi connectivity index (χ0) is 20.0. The van der Waals surface area contributed by atoms with Crippen molar-refractivity contribution in [3.8, 4) is 23.0 Å². The predicted octanol–water partition coefficient (Wildman–Crippen LogP) is 3.54. The molecular weight excluding hydrogens is 372 g/mol. The molecule has 2 aliphatic heterocycles. The van der Waals surface area contributed by atoms with Gasteiger partial charge in [-0.05, 0) is 37.3 Å². The predicted molar refractivity (Wildman–Crippen MR) is 104 cm³/mol. The number of para-hydroxylation sites is 1. The molecule has 0 bridgehead atoms. The fraction of sp³-hybridized carbons (Fsp3) is 0.227. The number of amides is 1. The molecule has 29 heavy (non-hydrogen) atoms. The number of rotatable bonds is 3. The first-order valence-corrected chi connectivity index (χ1v) is 9.39. The van der Waals surface area contributed by atoms with Gasteiger partial charge < -0.3 is 18.8 Å². The van der Waals surface area contributed by atoms with E-state index in [9.17, 15) is 9.59 Å². The maximum absolute atomic E-state index is 13.0. The molecule has 1 amide bonds. The molecule has 7 heteroatoms. The van der Waals surface area contributed by atoms with Crippen LogP contribution in [0.1, 0.15) is 28.2 Å². The molecule has 3 heterocycles. The van der Waals surface area contributed by atoms with Gasteiger partial charge in [-0.25, -0.2) is 4.98 Å². The van der Waals surface area contributed by atoms with Crippen molar-refractivity contribution >= 4 is 17.4 Å². The van der Waals surface area contributed by atoms with Gasteiger partial charge in [0.25, 0.3) is 0 Å². The second kappa shape index (κ2) is 6.77. The van der Waals surface area contributed by atoms with E-state index in [-0.39, 0.29) is 24.9 Å². The first-order valence-electron chi connectivity index (χ1n) is 9.39. The number of fused-ring (bicyclic) bond motifs is 2. The molecule has 0 radical (unpaired) electrons. The first-order chi connectivity index (χ1) is 14.1. The highest BCUT2D eigenvalue weighted by molar-refractivity contribution is 6.09. The Hall–Kier alpha value is -3.61. The monoisotopic (exact) mass is 390 g/mol. The third-order valence-corrected chi connectivity index (χ3v) is 5.19. The van der Waals surface area contributed by atoms with Crippen LogP contribution in [0.15, 0.2) is 46.9 Å². The number of hydrogen-bond donors (Lipinski definition) is 0. The molecule has 0 spiro atoms. The van der Waals surface area contributed by atoms with Gasteiger partial charge in [0, 0.05) is 24.1 Å². The van der Waals surface area contributed by atoms with Crippen LogP contribution >= 0.6 is 0 Å². The van der Waals surface area contributed by atoms with E-state index in [1.165, 1.54) is 0 Å². The average Bonchev–Trinajstić information content (AvgIpc) is 3.34. The zero-order valence-corrected chi connectivity index (χ0v) is 15.8. The molecular formula is C22H18N2O5. The number of aromatic nitrogens is 1. The molecule has 0 atom stereocenters. The lowest BCUT2D eigenvalue weighted by Gasteiger charge is -2.28. The number of ketones is 1. The van der Waals surface area contributed by atoms with Crippen molar-refractivity contribution in [3.63, 3.8) is 0 Å². The number of ether oxygens (including phenoxy) is 2. The van der Waals surface area contributed by atoms with Crippen molar-refractivity contribution in [2.75, 3.05) is 18.2 Å². The number of anilines is 1. The summed E-state index contributed by atoms with van der Waals surface area (Å²) in [5.74, 6) is 2.30. The first kappa shape index (κ1) is 17.5. The van der Waals surface area contributed by atoms with Crippen molar-refractivity contribution < 1.29 is 23.5 Å². The Morgan fingerprint density at radius 3 is 2.86 bits per heavy atom. The van der Waals surface area contributed by atoms with Crippen molar-refractivity contribution in [2.24, 2.45) is 0 Å². The van der Waals surface area contributed by atoms with Gasteiger partial charge in [0.15, 0.2) is 17.3 Å². The smallest absolute Gasteiger partial charge is 0.233 e. The molecule has 5 rings (SSSR count). The summed E-state index contributed by atoms with van der Waals surface area (Å²) in [6, 6.07) is 12.7. The number of aryl methyl sites for hydroxylation is 1. The average molecular weight is 390 g/mol. The SMILES string of the molecule is Cc1oc(-c2ccc3c(c2)OCO3)nc1CC(=O)N1CCC(=O)c2ccccc21. The lowest BCUT2D eigenvalue weighted by Crippen LogP contribution is -2.38. The summed E-state index contributed by atoms with van der Waals surface area (Å²) in [6.07, 6.45) is 0.422. The van der Waals surface area contributed by atoms with Gasteiger partial charge in [-0.3, -0.25) is 9.59 Å². The van der Waals surface area contributed by atoms with Crippen molar-refractivity contribution in [3.05, 3.63) is 59.5 Å². The molecule has 2 aliphatic rings. The van der Waals surface area contributed by atoms with Crippen molar-refractivity contribution in [1.82, 2.24) is 4.98 Å². The maximum atomic E-state index is 13.0. The summed E-state index contributed by atoms with van der Waals surface area (Å²) in [5, 5.41) is 0. The van der Waals surface area contributed by atoms with E-state index in [0.717, 1.165) is 5.56 Å². The Kier molecular flexibility index (Phi) is 4.08. The van der Waals surface area contributed by atoms with Gasteiger partial charge in [0.1, 0.15) is 5.76 Å². The summed E-state index contributed by atoms with van der Waals surface area (Å²) < 4.78 is 16.5. The van der Waals surface area contributed by atoms with Gasteiger partial charge in [0.2, 0.25) is 18.6 Å². The van der Waals surface area contributed by atoms with Gasteiger partial charge in [-0.1, -0.05) is 12.1 Å². The quantitative estimate of drug-likeness (QED) is 0.680. The molecule has 0 N–H and O–H groups in total. The summed E-state index contributed by atoms with van der Waals surface area (Å²) >= 11 is 0. The minimum atomic E-state index is -0.112. The molecule has 0 unspecified atom stereocenters. The van der Waals surface area contributed by atoms with Crippen molar-refractivity contribution in [2.45, 2.75) is 19.8 Å². The number of benzene rings is 2. The number of nitrogens with zero attached hydrogens (tertiary/aromatic N) is 2. The minimum absolute atomic E-state index is 0.0624. The van der Waals surface area contributed by atoms with Crippen LogP contribution in [-0.2, 0) is 11.2 Å². The lowest BCUT2D eigenvalue weighted by atomic mass is 10.00. The minimum Gasteiger partial charge on any atom is -0.454 e. The summed E-state index contributed by atoms with van der Waals surface area (Å²) in [7, 11) is 0. The molecule has 0 fully saturated rings. The van der Waals surface area contributed by atoms with E-state index in [1.54, 1.807) is 24.0 Å².